The lowest BCUT2D eigenvalue weighted by Gasteiger charge is -2.16. The van der Waals surface area contributed by atoms with Crippen molar-refractivity contribution in [3.63, 3.8) is 0 Å². The largest absolute Gasteiger partial charge is 0.493 e. The van der Waals surface area contributed by atoms with Crippen molar-refractivity contribution < 1.29 is 9.47 Å². The van der Waals surface area contributed by atoms with Gasteiger partial charge in [-0.25, -0.2) is 9.97 Å². The summed E-state index contributed by atoms with van der Waals surface area (Å²) in [7, 11) is 6.95. The zero-order chi connectivity index (χ0) is 20.4. The highest BCUT2D eigenvalue weighted by Gasteiger charge is 2.17. The summed E-state index contributed by atoms with van der Waals surface area (Å²) in [6, 6.07) is 3.94. The van der Waals surface area contributed by atoms with E-state index in [-0.39, 0.29) is 0 Å². The minimum absolute atomic E-state index is 0.622. The molecule has 0 unspecified atom stereocenters. The van der Waals surface area contributed by atoms with Gasteiger partial charge in [-0.1, -0.05) is 0 Å². The molecule has 150 valence electrons. The van der Waals surface area contributed by atoms with E-state index >= 15 is 0 Å². The number of anilines is 2. The second-order valence-electron chi connectivity index (χ2n) is 6.18. The summed E-state index contributed by atoms with van der Waals surface area (Å²) in [5, 5.41) is 7.26. The van der Waals surface area contributed by atoms with Crippen LogP contribution in [0.25, 0.3) is 16.9 Å². The molecule has 4 rings (SSSR count). The van der Waals surface area contributed by atoms with Gasteiger partial charge in [-0.2, -0.15) is 5.10 Å². The first-order valence-electron chi connectivity index (χ1n) is 8.82. The van der Waals surface area contributed by atoms with E-state index in [0.29, 0.717) is 17.3 Å². The van der Waals surface area contributed by atoms with Gasteiger partial charge in [0.15, 0.2) is 23.0 Å². The number of hydrogen-bond acceptors (Lipinski definition) is 8. The molecule has 0 bridgehead atoms. The molecule has 1 aromatic carbocycles. The van der Waals surface area contributed by atoms with Crippen LogP contribution in [0.2, 0.25) is 0 Å². The highest BCUT2D eigenvalue weighted by molar-refractivity contribution is 8.00. The maximum absolute atomic E-state index is 5.59. The average molecular weight is 411 g/mol. The highest BCUT2D eigenvalue weighted by atomic mass is 32.2. The number of methoxy groups -OCH3 is 2. The molecule has 0 radical (unpaired) electrons. The zero-order valence-corrected chi connectivity index (χ0v) is 17.3. The highest BCUT2D eigenvalue weighted by Crippen LogP contribution is 2.41. The fraction of sp³-hybridized carbons (Fsp3) is 0.211. The molecular formula is C19H21N7O2S. The van der Waals surface area contributed by atoms with Crippen LogP contribution in [0.3, 0.4) is 0 Å². The Bertz CT molecular complexity index is 1150. The summed E-state index contributed by atoms with van der Waals surface area (Å²) in [6.07, 6.45) is 9.16. The van der Waals surface area contributed by atoms with E-state index in [1.54, 1.807) is 31.3 Å². The molecule has 0 saturated carbocycles. The van der Waals surface area contributed by atoms with Crippen molar-refractivity contribution in [2.45, 2.75) is 4.90 Å². The van der Waals surface area contributed by atoms with Gasteiger partial charge >= 0.3 is 0 Å². The molecule has 3 heterocycles. The number of benzene rings is 1. The van der Waals surface area contributed by atoms with E-state index in [1.165, 1.54) is 11.9 Å². The topological polar surface area (TPSA) is 90.5 Å². The van der Waals surface area contributed by atoms with Crippen molar-refractivity contribution in [1.82, 2.24) is 24.1 Å². The second-order valence-corrected chi connectivity index (χ2v) is 7.06. The number of hydrogen-bond donors (Lipinski definition) is 2. The molecule has 0 fully saturated rings. The van der Waals surface area contributed by atoms with Crippen molar-refractivity contribution in [2.75, 3.05) is 31.3 Å². The minimum Gasteiger partial charge on any atom is -0.493 e. The quantitative estimate of drug-likeness (QED) is 0.448. The molecule has 0 atom stereocenters. The third kappa shape index (κ3) is 3.54. The van der Waals surface area contributed by atoms with E-state index in [9.17, 15) is 0 Å². The number of aryl methyl sites for hydroxylation is 1. The molecule has 29 heavy (non-hydrogen) atoms. The molecule has 10 heteroatoms. The van der Waals surface area contributed by atoms with Crippen LogP contribution in [0.5, 0.6) is 11.5 Å². The van der Waals surface area contributed by atoms with Crippen LogP contribution < -0.4 is 19.5 Å². The molecule has 0 aliphatic rings. The first-order valence-corrected chi connectivity index (χ1v) is 9.64. The lowest BCUT2D eigenvalue weighted by molar-refractivity contribution is 0.356. The predicted molar refractivity (Wildman–Crippen MR) is 114 cm³/mol. The van der Waals surface area contributed by atoms with Gasteiger partial charge < -0.3 is 19.5 Å². The normalized spacial score (nSPS) is 10.9. The van der Waals surface area contributed by atoms with Gasteiger partial charge in [-0.05, 0) is 24.1 Å². The fourth-order valence-electron chi connectivity index (χ4n) is 3.06. The van der Waals surface area contributed by atoms with Gasteiger partial charge in [0.2, 0.25) is 0 Å². The summed E-state index contributed by atoms with van der Waals surface area (Å²) in [5.74, 6) is 1.96. The first-order chi connectivity index (χ1) is 14.1. The van der Waals surface area contributed by atoms with Crippen LogP contribution in [0.15, 0.2) is 48.0 Å². The molecule has 9 nitrogen and oxygen atoms in total. The summed E-state index contributed by atoms with van der Waals surface area (Å²) in [6.45, 7) is 0. The minimum atomic E-state index is 0.622. The van der Waals surface area contributed by atoms with Crippen LogP contribution in [0, 0.1) is 0 Å². The molecule has 0 amide bonds. The van der Waals surface area contributed by atoms with Gasteiger partial charge in [0.1, 0.15) is 0 Å². The Kier molecular flexibility index (Phi) is 5.17. The van der Waals surface area contributed by atoms with Crippen LogP contribution in [-0.4, -0.2) is 45.4 Å². The lowest BCUT2D eigenvalue weighted by atomic mass is 10.1. The van der Waals surface area contributed by atoms with Gasteiger partial charge in [0, 0.05) is 38.2 Å². The Morgan fingerprint density at radius 2 is 1.97 bits per heavy atom. The van der Waals surface area contributed by atoms with Crippen LogP contribution in [0.1, 0.15) is 0 Å². The van der Waals surface area contributed by atoms with Gasteiger partial charge in [-0.3, -0.25) is 9.08 Å². The Labute approximate surface area is 172 Å². The number of nitrogens with zero attached hydrogens (tertiary/aromatic N) is 5. The Morgan fingerprint density at radius 1 is 1.10 bits per heavy atom. The predicted octanol–water partition coefficient (Wildman–Crippen LogP) is 3.31. The third-order valence-corrected chi connectivity index (χ3v) is 5.17. The Morgan fingerprint density at radius 3 is 2.66 bits per heavy atom. The fourth-order valence-corrected chi connectivity index (χ4v) is 3.75. The van der Waals surface area contributed by atoms with Crippen LogP contribution in [-0.2, 0) is 7.05 Å². The van der Waals surface area contributed by atoms with Crippen molar-refractivity contribution in [3.8, 4) is 22.8 Å². The van der Waals surface area contributed by atoms with Crippen molar-refractivity contribution in [2.24, 2.45) is 7.05 Å². The van der Waals surface area contributed by atoms with Crippen molar-refractivity contribution in [1.29, 1.82) is 0 Å². The Balaban J connectivity index is 1.78. The molecule has 0 aliphatic carbocycles. The molecule has 0 saturated heterocycles. The monoisotopic (exact) mass is 411 g/mol. The van der Waals surface area contributed by atoms with Gasteiger partial charge in [0.05, 0.1) is 42.9 Å². The SMILES string of the molecule is CNc1nccn2c(-c3cc(NSc4cnn(C)c4)c(OC)c(OC)c3)cnc12. The standard InChI is InChI=1S/C19H21N7O2S/c1-20-18-19-22-10-15(26(19)6-5-21-18)12-7-14(17(28-4)16(8-12)27-3)24-29-13-9-23-25(2)11-13/h5-11,24H,1-4H3,(H,20,21). The summed E-state index contributed by atoms with van der Waals surface area (Å²) >= 11 is 1.45. The Hall–Kier alpha value is -3.40. The third-order valence-electron chi connectivity index (χ3n) is 4.40. The van der Waals surface area contributed by atoms with Crippen molar-refractivity contribution >= 4 is 29.1 Å². The van der Waals surface area contributed by atoms with Crippen LogP contribution >= 0.6 is 11.9 Å². The average Bonchev–Trinajstić information content (AvgIpc) is 3.37. The summed E-state index contributed by atoms with van der Waals surface area (Å²) < 4.78 is 18.3. The van der Waals surface area contributed by atoms with E-state index in [2.05, 4.69) is 25.1 Å². The van der Waals surface area contributed by atoms with Crippen LogP contribution in [0.4, 0.5) is 11.5 Å². The molecule has 4 aromatic rings. The summed E-state index contributed by atoms with van der Waals surface area (Å²) in [5.41, 5.74) is 3.37. The van der Waals surface area contributed by atoms with E-state index in [0.717, 1.165) is 27.5 Å². The number of aromatic nitrogens is 5. The summed E-state index contributed by atoms with van der Waals surface area (Å²) in [4.78, 5) is 9.82. The second kappa shape index (κ2) is 7.92. The lowest BCUT2D eigenvalue weighted by Crippen LogP contribution is -1.99. The first kappa shape index (κ1) is 18.9. The molecule has 3 aromatic heterocycles. The van der Waals surface area contributed by atoms with Gasteiger partial charge in [0.25, 0.3) is 0 Å². The molecule has 2 N–H and O–H groups in total. The smallest absolute Gasteiger partial charge is 0.184 e. The van der Waals surface area contributed by atoms with Crippen molar-refractivity contribution in [3.05, 3.63) is 43.1 Å². The number of rotatable bonds is 7. The number of fused-ring (bicyclic) bond motifs is 1. The van der Waals surface area contributed by atoms with Gasteiger partial charge in [-0.15, -0.1) is 0 Å². The molecule has 0 spiro atoms. The maximum Gasteiger partial charge on any atom is 0.184 e. The molecular weight excluding hydrogens is 390 g/mol. The zero-order valence-electron chi connectivity index (χ0n) is 16.5. The van der Waals surface area contributed by atoms with E-state index < -0.39 is 0 Å². The maximum atomic E-state index is 5.59. The van der Waals surface area contributed by atoms with E-state index in [4.69, 9.17) is 9.47 Å². The molecule has 0 aliphatic heterocycles. The number of ether oxygens (including phenoxy) is 2. The van der Waals surface area contributed by atoms with E-state index in [1.807, 2.05) is 49.2 Å². The number of imidazole rings is 1. The number of nitrogens with one attached hydrogen (secondary N) is 2.